The molecule has 27 heavy (non-hydrogen) atoms. The van der Waals surface area contributed by atoms with Gasteiger partial charge in [0.05, 0.1) is 5.69 Å². The van der Waals surface area contributed by atoms with E-state index in [1.54, 1.807) is 0 Å². The molecule has 0 bridgehead atoms. The topological polar surface area (TPSA) is 70.2 Å². The molecule has 3 aromatic carbocycles. The summed E-state index contributed by atoms with van der Waals surface area (Å²) in [7, 11) is 0. The smallest absolute Gasteiger partial charge is 0.319 e. The molecule has 0 radical (unpaired) electrons. The van der Waals surface area contributed by atoms with Crippen LogP contribution in [0.4, 0.5) is 10.5 Å². The molecule has 0 saturated carbocycles. The van der Waals surface area contributed by atoms with Gasteiger partial charge in [-0.25, -0.2) is 4.79 Å². The van der Waals surface area contributed by atoms with Crippen molar-refractivity contribution >= 4 is 18.1 Å². The number of hydrogen-bond donors (Lipinski definition) is 3. The molecule has 5 heteroatoms. The number of urea groups is 1. The summed E-state index contributed by atoms with van der Waals surface area (Å²) in [4.78, 5) is 23.0. The van der Waals surface area contributed by atoms with Gasteiger partial charge in [0.15, 0.2) is 0 Å². The molecule has 0 aromatic heterocycles. The van der Waals surface area contributed by atoms with Crippen LogP contribution in [-0.4, -0.2) is 12.4 Å². The van der Waals surface area contributed by atoms with Crippen LogP contribution in [0.2, 0.25) is 0 Å². The summed E-state index contributed by atoms with van der Waals surface area (Å²) in [5.41, 5.74) is 4.58. The van der Waals surface area contributed by atoms with Gasteiger partial charge < -0.3 is 16.0 Å². The Balaban J connectivity index is 1.76. The highest BCUT2D eigenvalue weighted by Crippen LogP contribution is 2.30. The van der Waals surface area contributed by atoms with E-state index in [9.17, 15) is 9.59 Å². The van der Waals surface area contributed by atoms with E-state index in [2.05, 4.69) is 16.0 Å². The Morgan fingerprint density at radius 1 is 0.778 bits per heavy atom. The fourth-order valence-corrected chi connectivity index (χ4v) is 2.86. The zero-order valence-corrected chi connectivity index (χ0v) is 14.8. The minimum absolute atomic E-state index is 0.269. The molecule has 136 valence electrons. The largest absolute Gasteiger partial charge is 0.355 e. The van der Waals surface area contributed by atoms with E-state index in [1.807, 2.05) is 78.9 Å². The Hall–Kier alpha value is -3.60. The summed E-state index contributed by atoms with van der Waals surface area (Å²) in [6.07, 6.45) is 0.679. The van der Waals surface area contributed by atoms with E-state index in [1.165, 1.54) is 0 Å². The minimum atomic E-state index is -0.269. The molecule has 3 rings (SSSR count). The number of nitrogens with one attached hydrogen (secondary N) is 3. The van der Waals surface area contributed by atoms with Crippen molar-refractivity contribution in [2.75, 3.05) is 5.32 Å². The maximum absolute atomic E-state index is 12.3. The highest BCUT2D eigenvalue weighted by atomic mass is 16.2. The molecular weight excluding hydrogens is 338 g/mol. The van der Waals surface area contributed by atoms with E-state index >= 15 is 0 Å². The van der Waals surface area contributed by atoms with Crippen LogP contribution in [-0.2, 0) is 17.9 Å². The monoisotopic (exact) mass is 359 g/mol. The number of para-hydroxylation sites is 1. The van der Waals surface area contributed by atoms with Crippen molar-refractivity contribution in [3.05, 3.63) is 90.0 Å². The second-order valence-electron chi connectivity index (χ2n) is 5.99. The normalized spacial score (nSPS) is 10.1. The van der Waals surface area contributed by atoms with Crippen molar-refractivity contribution in [1.82, 2.24) is 10.6 Å². The molecule has 0 aliphatic heterocycles. The molecule has 0 aliphatic rings. The van der Waals surface area contributed by atoms with Crippen molar-refractivity contribution in [3.63, 3.8) is 0 Å². The Kier molecular flexibility index (Phi) is 6.20. The number of rotatable bonds is 7. The Labute approximate surface area is 158 Å². The quantitative estimate of drug-likeness (QED) is 0.560. The van der Waals surface area contributed by atoms with Gasteiger partial charge in [0.2, 0.25) is 6.41 Å². The van der Waals surface area contributed by atoms with Crippen molar-refractivity contribution < 1.29 is 9.59 Å². The van der Waals surface area contributed by atoms with Crippen molar-refractivity contribution in [2.45, 2.75) is 13.1 Å². The molecule has 0 spiro atoms. The Morgan fingerprint density at radius 2 is 1.44 bits per heavy atom. The molecule has 0 saturated heterocycles. The maximum Gasteiger partial charge on any atom is 0.319 e. The van der Waals surface area contributed by atoms with Gasteiger partial charge in [-0.2, -0.15) is 0 Å². The Bertz CT molecular complexity index is 910. The lowest BCUT2D eigenvalue weighted by atomic mass is 9.98. The van der Waals surface area contributed by atoms with Crippen LogP contribution in [0.1, 0.15) is 11.1 Å². The van der Waals surface area contributed by atoms with Crippen molar-refractivity contribution in [3.8, 4) is 11.1 Å². The van der Waals surface area contributed by atoms with E-state index in [0.717, 1.165) is 22.3 Å². The first kappa shape index (κ1) is 18.2. The van der Waals surface area contributed by atoms with Crippen LogP contribution in [0.25, 0.3) is 11.1 Å². The van der Waals surface area contributed by atoms with E-state index in [0.29, 0.717) is 25.2 Å². The summed E-state index contributed by atoms with van der Waals surface area (Å²) in [6, 6.07) is 24.9. The molecule has 0 unspecified atom stereocenters. The lowest BCUT2D eigenvalue weighted by molar-refractivity contribution is -0.109. The average Bonchev–Trinajstić information content (AvgIpc) is 2.72. The van der Waals surface area contributed by atoms with Crippen LogP contribution in [0.5, 0.6) is 0 Å². The van der Waals surface area contributed by atoms with Gasteiger partial charge in [0.25, 0.3) is 0 Å². The van der Waals surface area contributed by atoms with Crippen LogP contribution >= 0.6 is 0 Å². The highest BCUT2D eigenvalue weighted by molar-refractivity contribution is 5.94. The molecule has 0 fully saturated rings. The van der Waals surface area contributed by atoms with Crippen LogP contribution < -0.4 is 16.0 Å². The summed E-state index contributed by atoms with van der Waals surface area (Å²) < 4.78 is 0. The van der Waals surface area contributed by atoms with E-state index in [4.69, 9.17) is 0 Å². The van der Waals surface area contributed by atoms with Crippen LogP contribution in [0.15, 0.2) is 78.9 Å². The summed E-state index contributed by atoms with van der Waals surface area (Å²) in [5, 5.41) is 8.48. The predicted octanol–water partition coefficient (Wildman–Crippen LogP) is 3.92. The van der Waals surface area contributed by atoms with Crippen molar-refractivity contribution in [1.29, 1.82) is 0 Å². The molecule has 0 aliphatic carbocycles. The number of amides is 3. The van der Waals surface area contributed by atoms with Gasteiger partial charge in [-0.1, -0.05) is 72.8 Å². The molecular formula is C22H21N3O2. The zero-order chi connectivity index (χ0) is 18.9. The number of hydrogen-bond acceptors (Lipinski definition) is 2. The van der Waals surface area contributed by atoms with E-state index in [-0.39, 0.29) is 6.03 Å². The van der Waals surface area contributed by atoms with Gasteiger partial charge in [0, 0.05) is 18.7 Å². The third-order valence-electron chi connectivity index (χ3n) is 4.15. The van der Waals surface area contributed by atoms with E-state index < -0.39 is 0 Å². The second kappa shape index (κ2) is 9.20. The first-order chi connectivity index (χ1) is 13.3. The molecule has 3 amide bonds. The summed E-state index contributed by atoms with van der Waals surface area (Å²) >= 11 is 0. The van der Waals surface area contributed by atoms with Crippen molar-refractivity contribution in [2.24, 2.45) is 0 Å². The van der Waals surface area contributed by atoms with Gasteiger partial charge in [-0.15, -0.1) is 0 Å². The molecule has 5 nitrogen and oxygen atoms in total. The predicted molar refractivity (Wildman–Crippen MR) is 107 cm³/mol. The van der Waals surface area contributed by atoms with Gasteiger partial charge in [0.1, 0.15) is 0 Å². The number of anilines is 1. The average molecular weight is 359 g/mol. The number of carbonyl (C=O) groups excluding carboxylic acids is 2. The van der Waals surface area contributed by atoms with Gasteiger partial charge in [-0.3, -0.25) is 4.79 Å². The Morgan fingerprint density at radius 3 is 2.22 bits per heavy atom. The first-order valence-corrected chi connectivity index (χ1v) is 8.71. The molecule has 3 aromatic rings. The minimum Gasteiger partial charge on any atom is -0.355 e. The molecule has 0 atom stereocenters. The third kappa shape index (κ3) is 4.95. The maximum atomic E-state index is 12.3. The third-order valence-corrected chi connectivity index (χ3v) is 4.15. The number of benzene rings is 3. The second-order valence-corrected chi connectivity index (χ2v) is 5.99. The SMILES string of the molecule is O=CNCc1ccccc1-c1ccccc1NC(=O)NCc1ccccc1. The van der Waals surface area contributed by atoms with Crippen LogP contribution in [0.3, 0.4) is 0 Å². The highest BCUT2D eigenvalue weighted by Gasteiger charge is 2.11. The zero-order valence-electron chi connectivity index (χ0n) is 14.8. The standard InChI is InChI=1S/C22H21N3O2/c26-16-23-15-18-10-4-5-11-19(18)20-12-6-7-13-21(20)25-22(27)24-14-17-8-2-1-3-9-17/h1-13,16H,14-15H2,(H,23,26)(H2,24,25,27). The first-order valence-electron chi connectivity index (χ1n) is 8.71. The number of carbonyl (C=O) groups is 2. The van der Waals surface area contributed by atoms with Gasteiger partial charge in [-0.05, 0) is 22.8 Å². The lowest BCUT2D eigenvalue weighted by Crippen LogP contribution is -2.28. The summed E-state index contributed by atoms with van der Waals surface area (Å²) in [5.74, 6) is 0. The van der Waals surface area contributed by atoms with Crippen LogP contribution in [0, 0.1) is 0 Å². The summed E-state index contributed by atoms with van der Waals surface area (Å²) in [6.45, 7) is 0.878. The fourth-order valence-electron chi connectivity index (χ4n) is 2.86. The molecule has 0 heterocycles. The lowest BCUT2D eigenvalue weighted by Gasteiger charge is -2.15. The van der Waals surface area contributed by atoms with Gasteiger partial charge >= 0.3 is 6.03 Å². The fraction of sp³-hybridized carbons (Fsp3) is 0.0909. The molecule has 3 N–H and O–H groups in total.